The van der Waals surface area contributed by atoms with E-state index in [1.807, 2.05) is 0 Å². The molecule has 0 aliphatic carbocycles. The molecule has 1 rings (SSSR count). The fraction of sp³-hybridized carbons (Fsp3) is 0.273. The first kappa shape index (κ1) is 14.9. The Kier molecular flexibility index (Phi) is 4.13. The Morgan fingerprint density at radius 2 is 1.84 bits per heavy atom. The Morgan fingerprint density at radius 1 is 1.26 bits per heavy atom. The maximum absolute atomic E-state index is 13.1. The molecule has 1 atom stereocenters. The van der Waals surface area contributed by atoms with E-state index in [2.05, 4.69) is 0 Å². The first-order valence-electron chi connectivity index (χ1n) is 5.02. The number of hydrogen-bond donors (Lipinski definition) is 2. The standard InChI is InChI=1S/C11H9F4NO3/c1-5(16-10(18)19)9(17)6-2-7(11(13,14)15)4-8(12)3-6/h2-5,16H,1H3,(H,18,19). The molecule has 104 valence electrons. The number of nitrogens with one attached hydrogen (secondary N) is 1. The van der Waals surface area contributed by atoms with Crippen LogP contribution in [0.2, 0.25) is 0 Å². The van der Waals surface area contributed by atoms with Crippen LogP contribution in [0.3, 0.4) is 0 Å². The first-order valence-corrected chi connectivity index (χ1v) is 5.02. The van der Waals surface area contributed by atoms with Gasteiger partial charge in [0.05, 0.1) is 11.6 Å². The summed E-state index contributed by atoms with van der Waals surface area (Å²) >= 11 is 0. The van der Waals surface area contributed by atoms with E-state index in [1.54, 1.807) is 5.32 Å². The lowest BCUT2D eigenvalue weighted by Gasteiger charge is -2.12. The second kappa shape index (κ2) is 5.25. The molecule has 0 radical (unpaired) electrons. The van der Waals surface area contributed by atoms with Crippen molar-refractivity contribution in [1.29, 1.82) is 0 Å². The number of carboxylic acid groups (broad SMARTS) is 1. The second-order valence-electron chi connectivity index (χ2n) is 3.76. The van der Waals surface area contributed by atoms with Crippen molar-refractivity contribution in [1.82, 2.24) is 5.32 Å². The number of ketones is 1. The smallest absolute Gasteiger partial charge is 0.416 e. The van der Waals surface area contributed by atoms with Crippen LogP contribution in [-0.2, 0) is 6.18 Å². The second-order valence-corrected chi connectivity index (χ2v) is 3.76. The van der Waals surface area contributed by atoms with Crippen molar-refractivity contribution in [2.75, 3.05) is 0 Å². The molecule has 0 heterocycles. The average Bonchev–Trinajstić information content (AvgIpc) is 2.25. The van der Waals surface area contributed by atoms with Crippen molar-refractivity contribution >= 4 is 11.9 Å². The number of carbonyl (C=O) groups is 2. The third-order valence-electron chi connectivity index (χ3n) is 2.24. The molecule has 1 unspecified atom stereocenters. The van der Waals surface area contributed by atoms with Gasteiger partial charge in [-0.05, 0) is 25.1 Å². The quantitative estimate of drug-likeness (QED) is 0.660. The van der Waals surface area contributed by atoms with Gasteiger partial charge in [-0.2, -0.15) is 13.2 Å². The molecule has 2 N–H and O–H groups in total. The molecule has 0 aromatic heterocycles. The number of benzene rings is 1. The number of Topliss-reactive ketones (excluding diaryl/α,β-unsaturated/α-hetero) is 1. The molecular weight excluding hydrogens is 270 g/mol. The minimum absolute atomic E-state index is 0.256. The van der Waals surface area contributed by atoms with E-state index in [4.69, 9.17) is 5.11 Å². The number of amides is 1. The summed E-state index contributed by atoms with van der Waals surface area (Å²) in [7, 11) is 0. The molecule has 0 aliphatic rings. The van der Waals surface area contributed by atoms with E-state index in [1.165, 1.54) is 0 Å². The summed E-state index contributed by atoms with van der Waals surface area (Å²) in [5.41, 5.74) is -1.85. The molecule has 0 spiro atoms. The Labute approximate surface area is 105 Å². The maximum Gasteiger partial charge on any atom is 0.416 e. The zero-order valence-corrected chi connectivity index (χ0v) is 9.58. The fourth-order valence-electron chi connectivity index (χ4n) is 1.40. The van der Waals surface area contributed by atoms with Crippen LogP contribution in [0.4, 0.5) is 22.4 Å². The molecule has 0 saturated heterocycles. The molecule has 1 aromatic carbocycles. The molecule has 19 heavy (non-hydrogen) atoms. The van der Waals surface area contributed by atoms with E-state index < -0.39 is 41.0 Å². The van der Waals surface area contributed by atoms with Crippen molar-refractivity contribution < 1.29 is 32.3 Å². The van der Waals surface area contributed by atoms with Crippen LogP contribution in [0.1, 0.15) is 22.8 Å². The molecule has 0 aliphatic heterocycles. The topological polar surface area (TPSA) is 66.4 Å². The Bertz CT molecular complexity index is 513. The lowest BCUT2D eigenvalue weighted by molar-refractivity contribution is -0.137. The largest absolute Gasteiger partial charge is 0.465 e. The Morgan fingerprint density at radius 3 is 2.32 bits per heavy atom. The lowest BCUT2D eigenvalue weighted by atomic mass is 10.0. The summed E-state index contributed by atoms with van der Waals surface area (Å²) in [6.45, 7) is 1.15. The molecule has 0 fully saturated rings. The highest BCUT2D eigenvalue weighted by Gasteiger charge is 2.32. The van der Waals surface area contributed by atoms with Gasteiger partial charge in [0.25, 0.3) is 0 Å². The van der Waals surface area contributed by atoms with Crippen molar-refractivity contribution in [3.63, 3.8) is 0 Å². The van der Waals surface area contributed by atoms with Crippen molar-refractivity contribution in [2.45, 2.75) is 19.1 Å². The van der Waals surface area contributed by atoms with Crippen LogP contribution in [0.25, 0.3) is 0 Å². The van der Waals surface area contributed by atoms with Crippen LogP contribution in [0.15, 0.2) is 18.2 Å². The SMILES string of the molecule is CC(NC(=O)O)C(=O)c1cc(F)cc(C(F)(F)F)c1. The van der Waals surface area contributed by atoms with Gasteiger partial charge in [-0.25, -0.2) is 9.18 Å². The van der Waals surface area contributed by atoms with Gasteiger partial charge in [0, 0.05) is 5.56 Å². The van der Waals surface area contributed by atoms with E-state index in [-0.39, 0.29) is 6.07 Å². The molecule has 1 aromatic rings. The van der Waals surface area contributed by atoms with Crippen LogP contribution in [0, 0.1) is 5.82 Å². The number of halogens is 4. The minimum atomic E-state index is -4.79. The minimum Gasteiger partial charge on any atom is -0.465 e. The van der Waals surface area contributed by atoms with Crippen molar-refractivity contribution in [3.05, 3.63) is 35.1 Å². The van der Waals surface area contributed by atoms with Gasteiger partial charge in [-0.3, -0.25) is 4.79 Å². The Balaban J connectivity index is 3.10. The fourth-order valence-corrected chi connectivity index (χ4v) is 1.40. The molecule has 0 bridgehead atoms. The molecule has 0 saturated carbocycles. The molecule has 1 amide bonds. The van der Waals surface area contributed by atoms with Gasteiger partial charge < -0.3 is 10.4 Å². The third-order valence-corrected chi connectivity index (χ3v) is 2.24. The predicted octanol–water partition coefficient (Wildman–Crippen LogP) is 2.68. The number of carbonyl (C=O) groups excluding carboxylic acids is 1. The van der Waals surface area contributed by atoms with Gasteiger partial charge in [0.15, 0.2) is 5.78 Å². The lowest BCUT2D eigenvalue weighted by Crippen LogP contribution is -2.37. The molecule has 4 nitrogen and oxygen atoms in total. The summed E-state index contributed by atoms with van der Waals surface area (Å²) in [4.78, 5) is 22.0. The van der Waals surface area contributed by atoms with Crippen LogP contribution < -0.4 is 5.32 Å². The van der Waals surface area contributed by atoms with Gasteiger partial charge in [-0.15, -0.1) is 0 Å². The van der Waals surface area contributed by atoms with Gasteiger partial charge in [0.2, 0.25) is 0 Å². The first-order chi connectivity index (χ1) is 8.61. The zero-order chi connectivity index (χ0) is 14.8. The molecule has 8 heteroatoms. The highest BCUT2D eigenvalue weighted by molar-refractivity contribution is 6.01. The summed E-state index contributed by atoms with van der Waals surface area (Å²) in [6, 6.07) is 0.0788. The summed E-state index contributed by atoms with van der Waals surface area (Å²) < 4.78 is 50.4. The number of hydrogen-bond acceptors (Lipinski definition) is 2. The Hall–Kier alpha value is -2.12. The summed E-state index contributed by atoms with van der Waals surface area (Å²) in [5.74, 6) is -2.17. The van der Waals surface area contributed by atoms with E-state index in [0.29, 0.717) is 12.1 Å². The monoisotopic (exact) mass is 279 g/mol. The van der Waals surface area contributed by atoms with Crippen LogP contribution >= 0.6 is 0 Å². The third kappa shape index (κ3) is 3.94. The predicted molar refractivity (Wildman–Crippen MR) is 56.4 cm³/mol. The van der Waals surface area contributed by atoms with Gasteiger partial charge in [-0.1, -0.05) is 0 Å². The normalized spacial score (nSPS) is 12.9. The highest BCUT2D eigenvalue weighted by atomic mass is 19.4. The van der Waals surface area contributed by atoms with Crippen molar-refractivity contribution in [2.24, 2.45) is 0 Å². The average molecular weight is 279 g/mol. The highest BCUT2D eigenvalue weighted by Crippen LogP contribution is 2.30. The van der Waals surface area contributed by atoms with Crippen LogP contribution in [0.5, 0.6) is 0 Å². The number of alkyl halides is 3. The maximum atomic E-state index is 13.1. The van der Waals surface area contributed by atoms with Gasteiger partial charge in [0.1, 0.15) is 5.82 Å². The number of rotatable bonds is 3. The van der Waals surface area contributed by atoms with Crippen molar-refractivity contribution in [3.8, 4) is 0 Å². The zero-order valence-electron chi connectivity index (χ0n) is 9.58. The van der Waals surface area contributed by atoms with Crippen LogP contribution in [-0.4, -0.2) is 23.0 Å². The summed E-state index contributed by atoms with van der Waals surface area (Å²) in [5, 5.41) is 10.2. The molecular formula is C11H9F4NO3. The van der Waals surface area contributed by atoms with E-state index >= 15 is 0 Å². The van der Waals surface area contributed by atoms with E-state index in [0.717, 1.165) is 6.92 Å². The van der Waals surface area contributed by atoms with Gasteiger partial charge >= 0.3 is 12.3 Å². The summed E-state index contributed by atoms with van der Waals surface area (Å²) in [6.07, 6.45) is -6.30. The van der Waals surface area contributed by atoms with E-state index in [9.17, 15) is 27.2 Å².